The Labute approximate surface area is 155 Å². The Morgan fingerprint density at radius 3 is 2.62 bits per heavy atom. The molecule has 0 radical (unpaired) electrons. The first-order valence-electron chi connectivity index (χ1n) is 8.60. The average Bonchev–Trinajstić information content (AvgIpc) is 3.12. The molecule has 1 aromatic carbocycles. The third kappa shape index (κ3) is 3.30. The van der Waals surface area contributed by atoms with Crippen LogP contribution in [0.1, 0.15) is 24.3 Å². The number of para-hydroxylation sites is 1. The number of likely N-dealkylation sites (tertiary alicyclic amines) is 1. The Bertz CT molecular complexity index is 801. The highest BCUT2D eigenvalue weighted by Gasteiger charge is 2.47. The fourth-order valence-electron chi connectivity index (χ4n) is 3.88. The van der Waals surface area contributed by atoms with E-state index in [2.05, 4.69) is 5.32 Å². The Morgan fingerprint density at radius 1 is 1.23 bits per heavy atom. The van der Waals surface area contributed by atoms with E-state index in [9.17, 15) is 18.0 Å². The van der Waals surface area contributed by atoms with Gasteiger partial charge in [-0.1, -0.05) is 18.2 Å². The first-order valence-corrected chi connectivity index (χ1v) is 8.60. The van der Waals surface area contributed by atoms with E-state index in [-0.39, 0.29) is 31.9 Å². The van der Waals surface area contributed by atoms with Crippen LogP contribution in [0.25, 0.3) is 10.9 Å². The molecule has 0 aliphatic carbocycles. The molecule has 2 aliphatic rings. The SMILES string of the molecule is Cl.O=C(Cn1cc(C2CNC2)c2ccccc21)N1CCC[C@H]1C(F)(F)F. The van der Waals surface area contributed by atoms with E-state index in [4.69, 9.17) is 0 Å². The molecule has 4 rings (SSSR count). The van der Waals surface area contributed by atoms with Gasteiger partial charge in [-0.05, 0) is 24.5 Å². The molecule has 0 unspecified atom stereocenters. The van der Waals surface area contributed by atoms with Gasteiger partial charge in [0.2, 0.25) is 5.91 Å². The van der Waals surface area contributed by atoms with Gasteiger partial charge in [-0.3, -0.25) is 4.79 Å². The number of fused-ring (bicyclic) bond motifs is 1. The number of aromatic nitrogens is 1. The second-order valence-corrected chi connectivity index (χ2v) is 6.87. The molecule has 4 nitrogen and oxygen atoms in total. The first-order chi connectivity index (χ1) is 11.9. The van der Waals surface area contributed by atoms with Crippen LogP contribution in [0.4, 0.5) is 13.2 Å². The van der Waals surface area contributed by atoms with Gasteiger partial charge in [-0.25, -0.2) is 0 Å². The summed E-state index contributed by atoms with van der Waals surface area (Å²) in [6.45, 7) is 1.92. The Hall–Kier alpha value is -1.73. The summed E-state index contributed by atoms with van der Waals surface area (Å²) in [6.07, 6.45) is -2.01. The molecular weight excluding hydrogens is 367 g/mol. The van der Waals surface area contributed by atoms with Crippen LogP contribution in [-0.4, -0.2) is 47.2 Å². The van der Waals surface area contributed by atoms with Crippen LogP contribution in [0.5, 0.6) is 0 Å². The van der Waals surface area contributed by atoms with Crippen LogP contribution >= 0.6 is 12.4 Å². The minimum absolute atomic E-state index is 0. The molecule has 1 amide bonds. The van der Waals surface area contributed by atoms with Crippen molar-refractivity contribution in [3.63, 3.8) is 0 Å². The van der Waals surface area contributed by atoms with Gasteiger partial charge in [-0.2, -0.15) is 13.2 Å². The lowest BCUT2D eigenvalue weighted by Gasteiger charge is -2.27. The van der Waals surface area contributed by atoms with Crippen molar-refractivity contribution in [3.8, 4) is 0 Å². The van der Waals surface area contributed by atoms with E-state index in [1.165, 1.54) is 0 Å². The van der Waals surface area contributed by atoms with Crippen molar-refractivity contribution < 1.29 is 18.0 Å². The van der Waals surface area contributed by atoms with Crippen LogP contribution in [0.2, 0.25) is 0 Å². The van der Waals surface area contributed by atoms with Gasteiger partial charge >= 0.3 is 6.18 Å². The third-order valence-electron chi connectivity index (χ3n) is 5.30. The minimum Gasteiger partial charge on any atom is -0.338 e. The van der Waals surface area contributed by atoms with Crippen molar-refractivity contribution >= 4 is 29.2 Å². The summed E-state index contributed by atoms with van der Waals surface area (Å²) < 4.78 is 41.2. The molecule has 1 aromatic heterocycles. The molecule has 1 atom stereocenters. The fraction of sp³-hybridized carbons (Fsp3) is 0.500. The molecule has 3 heterocycles. The minimum atomic E-state index is -4.35. The smallest absolute Gasteiger partial charge is 0.338 e. The van der Waals surface area contributed by atoms with Gasteiger partial charge < -0.3 is 14.8 Å². The van der Waals surface area contributed by atoms with Crippen LogP contribution in [0.3, 0.4) is 0 Å². The molecular formula is C18H21ClF3N3O. The lowest BCUT2D eigenvalue weighted by atomic mass is 9.93. The van der Waals surface area contributed by atoms with Gasteiger partial charge in [0.05, 0.1) is 0 Å². The molecule has 2 fully saturated rings. The average molecular weight is 388 g/mol. The number of halogens is 4. The van der Waals surface area contributed by atoms with Crippen molar-refractivity contribution in [2.45, 2.75) is 37.5 Å². The number of amides is 1. The highest BCUT2D eigenvalue weighted by Crippen LogP contribution is 2.34. The zero-order valence-electron chi connectivity index (χ0n) is 14.1. The highest BCUT2D eigenvalue weighted by atomic mass is 35.5. The molecule has 26 heavy (non-hydrogen) atoms. The number of nitrogens with zero attached hydrogens (tertiary/aromatic N) is 2. The molecule has 1 N–H and O–H groups in total. The molecule has 2 aliphatic heterocycles. The summed E-state index contributed by atoms with van der Waals surface area (Å²) in [4.78, 5) is 13.6. The number of nitrogens with one attached hydrogen (secondary N) is 1. The molecule has 2 saturated heterocycles. The zero-order valence-corrected chi connectivity index (χ0v) is 14.9. The maximum atomic E-state index is 13.1. The van der Waals surface area contributed by atoms with Crippen LogP contribution < -0.4 is 5.32 Å². The Kier molecular flexibility index (Phi) is 5.21. The van der Waals surface area contributed by atoms with Crippen molar-refractivity contribution in [2.24, 2.45) is 0 Å². The molecule has 0 spiro atoms. The normalized spacial score (nSPS) is 20.9. The largest absolute Gasteiger partial charge is 0.408 e. The number of carbonyl (C=O) groups excluding carboxylic acids is 1. The molecule has 142 valence electrons. The highest BCUT2D eigenvalue weighted by molar-refractivity contribution is 5.87. The summed E-state index contributed by atoms with van der Waals surface area (Å²) in [5.74, 6) is -0.0603. The summed E-state index contributed by atoms with van der Waals surface area (Å²) in [5, 5.41) is 4.31. The standard InChI is InChI=1S/C18H20F3N3O.ClH/c19-18(20,21)16-6-3-7-24(16)17(25)11-23-10-14(12-8-22-9-12)13-4-1-2-5-15(13)23;/h1-2,4-5,10,12,16,22H,3,6-9,11H2;1H/t16-;/m0./s1. The van der Waals surface area contributed by atoms with E-state index in [1.54, 1.807) is 4.57 Å². The summed E-state index contributed by atoms with van der Waals surface area (Å²) in [5.41, 5.74) is 2.07. The molecule has 8 heteroatoms. The maximum absolute atomic E-state index is 13.1. The maximum Gasteiger partial charge on any atom is 0.408 e. The molecule has 0 bridgehead atoms. The van der Waals surface area contributed by atoms with Crippen molar-refractivity contribution in [1.82, 2.24) is 14.8 Å². The second-order valence-electron chi connectivity index (χ2n) is 6.87. The quantitative estimate of drug-likeness (QED) is 0.877. The van der Waals surface area contributed by atoms with Gasteiger partial charge in [0.1, 0.15) is 12.6 Å². The number of alkyl halides is 3. The van der Waals surface area contributed by atoms with Crippen LogP contribution in [0.15, 0.2) is 30.5 Å². The fourth-order valence-corrected chi connectivity index (χ4v) is 3.88. The molecule has 2 aromatic rings. The van der Waals surface area contributed by atoms with E-state index < -0.39 is 18.1 Å². The molecule has 0 saturated carbocycles. The Balaban J connectivity index is 0.00000196. The van der Waals surface area contributed by atoms with Gasteiger partial charge in [0.25, 0.3) is 0 Å². The monoisotopic (exact) mass is 387 g/mol. The zero-order chi connectivity index (χ0) is 17.6. The second kappa shape index (κ2) is 7.12. The van der Waals surface area contributed by atoms with E-state index in [0.29, 0.717) is 12.3 Å². The van der Waals surface area contributed by atoms with Gasteiger partial charge in [-0.15, -0.1) is 12.4 Å². The topological polar surface area (TPSA) is 37.3 Å². The van der Waals surface area contributed by atoms with Gasteiger partial charge in [0, 0.05) is 42.7 Å². The predicted molar refractivity (Wildman–Crippen MR) is 95.6 cm³/mol. The number of carbonyl (C=O) groups is 1. The number of hydrogen-bond acceptors (Lipinski definition) is 2. The van der Waals surface area contributed by atoms with E-state index >= 15 is 0 Å². The van der Waals surface area contributed by atoms with E-state index in [0.717, 1.165) is 34.5 Å². The number of rotatable bonds is 3. The van der Waals surface area contributed by atoms with E-state index in [1.807, 2.05) is 30.5 Å². The number of hydrogen-bond donors (Lipinski definition) is 1. The summed E-state index contributed by atoms with van der Waals surface area (Å²) in [6, 6.07) is 6.13. The first kappa shape index (κ1) is 19.0. The van der Waals surface area contributed by atoms with Crippen molar-refractivity contribution in [2.75, 3.05) is 19.6 Å². The lowest BCUT2D eigenvalue weighted by molar-refractivity contribution is -0.182. The predicted octanol–water partition coefficient (Wildman–Crippen LogP) is 3.30. The lowest BCUT2D eigenvalue weighted by Crippen LogP contribution is -2.45. The Morgan fingerprint density at radius 2 is 1.96 bits per heavy atom. The van der Waals surface area contributed by atoms with Gasteiger partial charge in [0.15, 0.2) is 0 Å². The van der Waals surface area contributed by atoms with Crippen LogP contribution in [0, 0.1) is 0 Å². The van der Waals surface area contributed by atoms with Crippen LogP contribution in [-0.2, 0) is 11.3 Å². The number of benzene rings is 1. The summed E-state index contributed by atoms with van der Waals surface area (Å²) >= 11 is 0. The third-order valence-corrected chi connectivity index (χ3v) is 5.30. The summed E-state index contributed by atoms with van der Waals surface area (Å²) in [7, 11) is 0. The van der Waals surface area contributed by atoms with Crippen molar-refractivity contribution in [1.29, 1.82) is 0 Å². The van der Waals surface area contributed by atoms with Crippen molar-refractivity contribution in [3.05, 3.63) is 36.0 Å².